The topological polar surface area (TPSA) is 75.6 Å². The highest BCUT2D eigenvalue weighted by Gasteiger charge is 2.17. The van der Waals surface area contributed by atoms with Crippen LogP contribution in [0.3, 0.4) is 0 Å². The van der Waals surface area contributed by atoms with E-state index in [1.165, 1.54) is 0 Å². The molecule has 2 rings (SSSR count). The van der Waals surface area contributed by atoms with E-state index in [9.17, 15) is 4.79 Å². The number of H-pyrrole nitrogens is 1. The number of anilines is 1. The summed E-state index contributed by atoms with van der Waals surface area (Å²) in [4.78, 5) is 12.2. The van der Waals surface area contributed by atoms with E-state index in [2.05, 4.69) is 48.5 Å². The molecule has 0 fully saturated rings. The lowest BCUT2D eigenvalue weighted by Crippen LogP contribution is -2.19. The number of aromatic amines is 1. The zero-order valence-corrected chi connectivity index (χ0v) is 14.8. The van der Waals surface area contributed by atoms with Crippen LogP contribution in [0, 0.1) is 16.1 Å². The highest BCUT2D eigenvalue weighted by molar-refractivity contribution is 7.71. The van der Waals surface area contributed by atoms with Gasteiger partial charge in [-0.15, -0.1) is 0 Å². The molecule has 1 amide bonds. The first-order valence-electron chi connectivity index (χ1n) is 7.65. The number of hydrogen-bond donors (Lipinski definition) is 2. The van der Waals surface area contributed by atoms with Gasteiger partial charge in [-0.25, -0.2) is 4.68 Å². The van der Waals surface area contributed by atoms with Gasteiger partial charge in [-0.1, -0.05) is 44.1 Å². The zero-order valence-electron chi connectivity index (χ0n) is 14.0. The molecule has 1 unspecified atom stereocenters. The minimum atomic E-state index is 0.0187. The first-order valence-corrected chi connectivity index (χ1v) is 8.06. The van der Waals surface area contributed by atoms with Crippen molar-refractivity contribution in [3.8, 4) is 5.69 Å². The Hall–Kier alpha value is -2.02. The highest BCUT2D eigenvalue weighted by atomic mass is 32.1. The molecule has 2 aromatic rings. The molecule has 0 aliphatic rings. The predicted molar refractivity (Wildman–Crippen MR) is 93.0 cm³/mol. The van der Waals surface area contributed by atoms with E-state index in [1.54, 1.807) is 4.68 Å². The van der Waals surface area contributed by atoms with Crippen LogP contribution in [0.2, 0.25) is 0 Å². The van der Waals surface area contributed by atoms with Gasteiger partial charge in [0.25, 0.3) is 0 Å². The minimum absolute atomic E-state index is 0.0187. The van der Waals surface area contributed by atoms with Gasteiger partial charge in [0.15, 0.2) is 0 Å². The monoisotopic (exact) mass is 333 g/mol. The smallest absolute Gasteiger partial charge is 0.242 e. The Morgan fingerprint density at radius 2 is 2.17 bits per heavy atom. The van der Waals surface area contributed by atoms with E-state index in [0.717, 1.165) is 17.8 Å². The van der Waals surface area contributed by atoms with Gasteiger partial charge in [-0.3, -0.25) is 4.79 Å². The zero-order chi connectivity index (χ0) is 17.0. The molecule has 1 atom stereocenters. The van der Waals surface area contributed by atoms with Crippen molar-refractivity contribution in [2.24, 2.45) is 11.3 Å². The molecule has 0 bridgehead atoms. The molecule has 0 saturated heterocycles. The number of hydrogen-bond acceptors (Lipinski definition) is 4. The third-order valence-electron chi connectivity index (χ3n) is 3.35. The van der Waals surface area contributed by atoms with Crippen LogP contribution in [0.5, 0.6) is 0 Å². The van der Waals surface area contributed by atoms with Crippen LogP contribution in [0.15, 0.2) is 24.3 Å². The average Bonchev–Trinajstić information content (AvgIpc) is 2.82. The van der Waals surface area contributed by atoms with Crippen LogP contribution in [0.25, 0.3) is 5.69 Å². The number of carbonyl (C=O) groups excluding carboxylic acids is 1. The lowest BCUT2D eigenvalue weighted by molar-refractivity contribution is -0.117. The van der Waals surface area contributed by atoms with Gasteiger partial charge < -0.3 is 5.32 Å². The molecule has 7 heteroatoms. The van der Waals surface area contributed by atoms with Crippen molar-refractivity contribution >= 4 is 23.8 Å². The van der Waals surface area contributed by atoms with Gasteiger partial charge in [-0.05, 0) is 48.2 Å². The summed E-state index contributed by atoms with van der Waals surface area (Å²) in [5.74, 6) is 0.355. The first kappa shape index (κ1) is 17.3. The van der Waals surface area contributed by atoms with Crippen LogP contribution in [0.1, 0.15) is 40.5 Å². The molecule has 0 radical (unpaired) electrons. The largest absolute Gasteiger partial charge is 0.326 e. The second-order valence-corrected chi connectivity index (χ2v) is 7.46. The third-order valence-corrected chi connectivity index (χ3v) is 3.62. The van der Waals surface area contributed by atoms with Gasteiger partial charge in [-0.2, -0.15) is 5.21 Å². The molecule has 1 aromatic heterocycles. The van der Waals surface area contributed by atoms with E-state index in [-0.39, 0.29) is 11.3 Å². The van der Waals surface area contributed by atoms with Crippen LogP contribution in [-0.2, 0) is 4.79 Å². The Morgan fingerprint density at radius 1 is 1.43 bits per heavy atom. The number of nitrogens with zero attached hydrogens (tertiary/aromatic N) is 3. The standard InChI is InChI=1S/C16H23N5OS/c1-11(10-16(2,3)4)8-14(22)17-12-6-5-7-13(9-12)21-15(23)18-19-20-21/h5-7,9,11H,8,10H2,1-4H3,(H,17,22)(H,18,20,23). The van der Waals surface area contributed by atoms with Crippen molar-refractivity contribution in [2.45, 2.75) is 40.5 Å². The van der Waals surface area contributed by atoms with Crippen LogP contribution in [-0.4, -0.2) is 26.1 Å². The van der Waals surface area contributed by atoms with Gasteiger partial charge in [0.1, 0.15) is 0 Å². The van der Waals surface area contributed by atoms with Crippen molar-refractivity contribution in [1.82, 2.24) is 20.2 Å². The van der Waals surface area contributed by atoms with Gasteiger partial charge in [0.05, 0.1) is 5.69 Å². The Bertz CT molecular complexity index is 728. The van der Waals surface area contributed by atoms with Gasteiger partial charge in [0.2, 0.25) is 10.7 Å². The summed E-state index contributed by atoms with van der Waals surface area (Å²) in [7, 11) is 0. The minimum Gasteiger partial charge on any atom is -0.326 e. The number of nitrogens with one attached hydrogen (secondary N) is 2. The van der Waals surface area contributed by atoms with Crippen molar-refractivity contribution in [3.05, 3.63) is 29.0 Å². The maximum atomic E-state index is 12.2. The van der Waals surface area contributed by atoms with Crippen molar-refractivity contribution < 1.29 is 4.79 Å². The van der Waals surface area contributed by atoms with E-state index in [4.69, 9.17) is 12.2 Å². The van der Waals surface area contributed by atoms with Crippen molar-refractivity contribution in [1.29, 1.82) is 0 Å². The Balaban J connectivity index is 2.02. The van der Waals surface area contributed by atoms with E-state index in [0.29, 0.717) is 17.1 Å². The number of aromatic nitrogens is 4. The predicted octanol–water partition coefficient (Wildman–Crippen LogP) is 3.73. The highest BCUT2D eigenvalue weighted by Crippen LogP contribution is 2.26. The van der Waals surface area contributed by atoms with Gasteiger partial charge in [0, 0.05) is 12.1 Å². The molecular formula is C16H23N5OS. The summed E-state index contributed by atoms with van der Waals surface area (Å²) in [5.41, 5.74) is 1.73. The van der Waals surface area contributed by atoms with Crippen molar-refractivity contribution in [2.75, 3.05) is 5.32 Å². The number of amides is 1. The lowest BCUT2D eigenvalue weighted by Gasteiger charge is -2.22. The Morgan fingerprint density at radius 3 is 2.78 bits per heavy atom. The lowest BCUT2D eigenvalue weighted by atomic mass is 9.84. The van der Waals surface area contributed by atoms with Crippen LogP contribution < -0.4 is 5.32 Å². The van der Waals surface area contributed by atoms with E-state index < -0.39 is 0 Å². The second kappa shape index (κ2) is 7.04. The Labute approximate surface area is 141 Å². The van der Waals surface area contributed by atoms with Crippen LogP contribution in [0.4, 0.5) is 5.69 Å². The molecule has 1 aromatic carbocycles. The van der Waals surface area contributed by atoms with Crippen LogP contribution >= 0.6 is 12.2 Å². The second-order valence-electron chi connectivity index (χ2n) is 7.09. The summed E-state index contributed by atoms with van der Waals surface area (Å²) in [5, 5.41) is 13.0. The normalized spacial score (nSPS) is 12.9. The summed E-state index contributed by atoms with van der Waals surface area (Å²) in [6.07, 6.45) is 1.52. The number of rotatable bonds is 5. The van der Waals surface area contributed by atoms with Crippen molar-refractivity contribution in [3.63, 3.8) is 0 Å². The summed E-state index contributed by atoms with van der Waals surface area (Å²) in [6.45, 7) is 8.67. The fourth-order valence-corrected chi connectivity index (χ4v) is 2.92. The molecule has 0 spiro atoms. The SMILES string of the molecule is CC(CC(=O)Nc1cccc(-n2[nH]nnc2=S)c1)CC(C)(C)C. The van der Waals surface area contributed by atoms with Gasteiger partial charge >= 0.3 is 0 Å². The molecule has 124 valence electrons. The molecule has 0 saturated carbocycles. The Kier molecular flexibility index (Phi) is 5.30. The number of benzene rings is 1. The molecule has 2 N–H and O–H groups in total. The fraction of sp³-hybridized carbons (Fsp3) is 0.500. The molecule has 1 heterocycles. The van der Waals surface area contributed by atoms with E-state index >= 15 is 0 Å². The maximum Gasteiger partial charge on any atom is 0.242 e. The first-order chi connectivity index (χ1) is 10.7. The molecule has 0 aliphatic heterocycles. The quantitative estimate of drug-likeness (QED) is 0.818. The summed E-state index contributed by atoms with van der Waals surface area (Å²) < 4.78 is 1.92. The number of carbonyl (C=O) groups is 1. The molecule has 6 nitrogen and oxygen atoms in total. The molecule has 0 aliphatic carbocycles. The fourth-order valence-electron chi connectivity index (χ4n) is 2.73. The summed E-state index contributed by atoms with van der Waals surface area (Å²) in [6, 6.07) is 7.41. The average molecular weight is 333 g/mol. The number of tetrazole rings is 1. The molecule has 23 heavy (non-hydrogen) atoms. The third kappa shape index (κ3) is 5.28. The molecular weight excluding hydrogens is 310 g/mol. The van der Waals surface area contributed by atoms with E-state index in [1.807, 2.05) is 24.3 Å². The maximum absolute atomic E-state index is 12.2. The summed E-state index contributed by atoms with van der Waals surface area (Å²) >= 11 is 5.08.